The van der Waals surface area contributed by atoms with Crippen molar-refractivity contribution in [3.63, 3.8) is 0 Å². The van der Waals surface area contributed by atoms with Crippen LogP contribution in [0.1, 0.15) is 42.9 Å². The van der Waals surface area contributed by atoms with Gasteiger partial charge in [0.25, 0.3) is 5.91 Å². The second-order valence-corrected chi connectivity index (χ2v) is 7.49. The summed E-state index contributed by atoms with van der Waals surface area (Å²) in [5.41, 5.74) is 3.18. The summed E-state index contributed by atoms with van der Waals surface area (Å²) in [6.45, 7) is 1.78. The van der Waals surface area contributed by atoms with Crippen LogP contribution in [-0.2, 0) is 20.8 Å². The number of aryl methyl sites for hydroxylation is 1. The fraction of sp³-hybridized carbons (Fsp3) is 0.348. The van der Waals surface area contributed by atoms with Crippen LogP contribution in [0.2, 0.25) is 0 Å². The number of nitrogens with one attached hydrogen (secondary N) is 1. The van der Waals surface area contributed by atoms with Crippen molar-refractivity contribution >= 4 is 23.2 Å². The Bertz CT molecular complexity index is 887. The van der Waals surface area contributed by atoms with E-state index in [1.165, 1.54) is 0 Å². The number of likely N-dealkylation sites (tertiary alicyclic amines) is 1. The highest BCUT2D eigenvalue weighted by Gasteiger charge is 2.27. The molecule has 0 aromatic heterocycles. The van der Waals surface area contributed by atoms with E-state index in [4.69, 9.17) is 4.84 Å². The van der Waals surface area contributed by atoms with Crippen molar-refractivity contribution in [1.29, 1.82) is 0 Å². The average Bonchev–Trinajstić information content (AvgIpc) is 3.46. The molecule has 1 unspecified atom stereocenters. The van der Waals surface area contributed by atoms with Crippen LogP contribution in [0, 0.1) is 0 Å². The number of hydrogen-bond donors (Lipinski definition) is 1. The maximum Gasteiger partial charge on any atom is 0.273 e. The number of oxime groups is 1. The van der Waals surface area contributed by atoms with Crippen LogP contribution >= 0.6 is 0 Å². The van der Waals surface area contributed by atoms with Gasteiger partial charge in [-0.3, -0.25) is 9.59 Å². The molecule has 2 aliphatic heterocycles. The Morgan fingerprint density at radius 2 is 1.76 bits per heavy atom. The van der Waals surface area contributed by atoms with E-state index in [0.717, 1.165) is 37.1 Å². The Kier molecular flexibility index (Phi) is 5.89. The maximum atomic E-state index is 12.5. The third-order valence-electron chi connectivity index (χ3n) is 5.40. The monoisotopic (exact) mass is 391 g/mol. The van der Waals surface area contributed by atoms with Gasteiger partial charge in [0, 0.05) is 31.6 Å². The summed E-state index contributed by atoms with van der Waals surface area (Å²) in [6, 6.07) is 17.4. The Morgan fingerprint density at radius 1 is 1.03 bits per heavy atom. The van der Waals surface area contributed by atoms with Crippen LogP contribution in [0.3, 0.4) is 0 Å². The molecule has 1 atom stereocenters. The van der Waals surface area contributed by atoms with Crippen molar-refractivity contribution in [1.82, 2.24) is 4.90 Å². The molecule has 1 N–H and O–H groups in total. The van der Waals surface area contributed by atoms with Crippen LogP contribution in [0.5, 0.6) is 0 Å². The number of carbonyl (C=O) groups is 2. The number of benzene rings is 2. The number of hydrogen-bond acceptors (Lipinski definition) is 4. The fourth-order valence-electron chi connectivity index (χ4n) is 3.69. The molecule has 2 aromatic rings. The van der Waals surface area contributed by atoms with E-state index < -0.39 is 0 Å². The molecule has 1 fully saturated rings. The van der Waals surface area contributed by atoms with Crippen molar-refractivity contribution in [2.45, 2.75) is 38.2 Å². The van der Waals surface area contributed by atoms with E-state index in [1.54, 1.807) is 0 Å². The number of amides is 2. The normalized spacial score (nSPS) is 18.3. The van der Waals surface area contributed by atoms with Gasteiger partial charge in [0.05, 0.1) is 0 Å². The van der Waals surface area contributed by atoms with E-state index in [0.29, 0.717) is 30.7 Å². The molecule has 4 rings (SSSR count). The highest BCUT2D eigenvalue weighted by atomic mass is 16.6. The van der Waals surface area contributed by atoms with Crippen LogP contribution in [-0.4, -0.2) is 35.5 Å². The Hall–Kier alpha value is -3.15. The van der Waals surface area contributed by atoms with E-state index in [1.807, 2.05) is 59.5 Å². The molecule has 2 aliphatic rings. The molecule has 150 valence electrons. The lowest BCUT2D eigenvalue weighted by atomic mass is 10.0. The smallest absolute Gasteiger partial charge is 0.273 e. The first-order chi connectivity index (χ1) is 14.2. The zero-order valence-corrected chi connectivity index (χ0v) is 16.3. The summed E-state index contributed by atoms with van der Waals surface area (Å²) in [6.07, 6.45) is 3.70. The van der Waals surface area contributed by atoms with Gasteiger partial charge in [0.2, 0.25) is 5.91 Å². The summed E-state index contributed by atoms with van der Waals surface area (Å²) in [5, 5.41) is 6.82. The van der Waals surface area contributed by atoms with Crippen LogP contribution in [0.15, 0.2) is 59.8 Å². The molecule has 2 heterocycles. The van der Waals surface area contributed by atoms with Gasteiger partial charge in [-0.1, -0.05) is 47.6 Å². The van der Waals surface area contributed by atoms with Crippen molar-refractivity contribution in [2.75, 3.05) is 18.4 Å². The quantitative estimate of drug-likeness (QED) is 0.816. The molecule has 2 aromatic carbocycles. The van der Waals surface area contributed by atoms with Gasteiger partial charge < -0.3 is 15.1 Å². The largest absolute Gasteiger partial charge is 0.387 e. The second kappa shape index (κ2) is 8.90. The summed E-state index contributed by atoms with van der Waals surface area (Å²) < 4.78 is 0. The summed E-state index contributed by atoms with van der Waals surface area (Å²) in [7, 11) is 0. The number of anilines is 1. The summed E-state index contributed by atoms with van der Waals surface area (Å²) in [5.74, 6) is -0.0208. The van der Waals surface area contributed by atoms with Gasteiger partial charge in [-0.05, 0) is 42.5 Å². The van der Waals surface area contributed by atoms with Gasteiger partial charge in [-0.2, -0.15) is 0 Å². The summed E-state index contributed by atoms with van der Waals surface area (Å²) in [4.78, 5) is 32.0. The van der Waals surface area contributed by atoms with Gasteiger partial charge in [0.15, 0.2) is 6.10 Å². The first kappa shape index (κ1) is 19.2. The number of nitrogens with zero attached hydrogens (tertiary/aromatic N) is 2. The molecule has 0 saturated carbocycles. The average molecular weight is 391 g/mol. The lowest BCUT2D eigenvalue weighted by Gasteiger charge is -2.15. The highest BCUT2D eigenvalue weighted by molar-refractivity contribution is 6.43. The molecule has 6 nitrogen and oxygen atoms in total. The van der Waals surface area contributed by atoms with E-state index in [2.05, 4.69) is 10.5 Å². The minimum absolute atomic E-state index is 0.215. The van der Waals surface area contributed by atoms with Crippen molar-refractivity contribution < 1.29 is 14.4 Å². The predicted octanol–water partition coefficient (Wildman–Crippen LogP) is 3.70. The third kappa shape index (κ3) is 4.83. The second-order valence-electron chi connectivity index (χ2n) is 7.49. The third-order valence-corrected chi connectivity index (χ3v) is 5.40. The van der Waals surface area contributed by atoms with Crippen molar-refractivity contribution in [3.05, 3.63) is 65.7 Å². The first-order valence-corrected chi connectivity index (χ1v) is 10.1. The Morgan fingerprint density at radius 3 is 2.48 bits per heavy atom. The maximum absolute atomic E-state index is 12.5. The number of carbonyl (C=O) groups excluding carboxylic acids is 2. The van der Waals surface area contributed by atoms with E-state index in [9.17, 15) is 9.59 Å². The Labute approximate surface area is 170 Å². The van der Waals surface area contributed by atoms with Crippen LogP contribution in [0.4, 0.5) is 5.69 Å². The van der Waals surface area contributed by atoms with Crippen molar-refractivity contribution in [3.8, 4) is 0 Å². The molecule has 0 bridgehead atoms. The van der Waals surface area contributed by atoms with Crippen molar-refractivity contribution in [2.24, 2.45) is 5.16 Å². The van der Waals surface area contributed by atoms with E-state index in [-0.39, 0.29) is 17.9 Å². The fourth-order valence-corrected chi connectivity index (χ4v) is 3.69. The summed E-state index contributed by atoms with van der Waals surface area (Å²) >= 11 is 0. The van der Waals surface area contributed by atoms with Gasteiger partial charge >= 0.3 is 0 Å². The zero-order chi connectivity index (χ0) is 20.1. The molecule has 2 amide bonds. The molecular formula is C23H25N3O3. The molecule has 1 saturated heterocycles. The SMILES string of the molecule is O=C(Nc1ccc(CCC(=O)N2CCCC2)cc1)C1=NOC(c2ccccc2)C1. The van der Waals surface area contributed by atoms with Crippen LogP contribution in [0.25, 0.3) is 0 Å². The molecule has 0 radical (unpaired) electrons. The number of rotatable bonds is 6. The predicted molar refractivity (Wildman–Crippen MR) is 112 cm³/mol. The standard InChI is InChI=1S/C23H25N3O3/c27-22(26-14-4-5-15-26)13-10-17-8-11-19(12-9-17)24-23(28)20-16-21(29-25-20)18-6-2-1-3-7-18/h1-3,6-9,11-12,21H,4-5,10,13-16H2,(H,24,28). The molecule has 0 aliphatic carbocycles. The lowest BCUT2D eigenvalue weighted by molar-refractivity contribution is -0.130. The highest BCUT2D eigenvalue weighted by Crippen LogP contribution is 2.27. The topological polar surface area (TPSA) is 71.0 Å². The molecule has 29 heavy (non-hydrogen) atoms. The minimum atomic E-state index is -0.250. The minimum Gasteiger partial charge on any atom is -0.387 e. The van der Waals surface area contributed by atoms with Gasteiger partial charge in [-0.15, -0.1) is 0 Å². The van der Waals surface area contributed by atoms with Gasteiger partial charge in [0.1, 0.15) is 5.71 Å². The Balaban J connectivity index is 1.26. The first-order valence-electron chi connectivity index (χ1n) is 10.1. The molecule has 0 spiro atoms. The van der Waals surface area contributed by atoms with E-state index >= 15 is 0 Å². The molecular weight excluding hydrogens is 366 g/mol. The zero-order valence-electron chi connectivity index (χ0n) is 16.3. The van der Waals surface area contributed by atoms with Gasteiger partial charge in [-0.25, -0.2) is 0 Å². The van der Waals surface area contributed by atoms with Crippen LogP contribution < -0.4 is 5.32 Å². The lowest BCUT2D eigenvalue weighted by Crippen LogP contribution is -2.27. The molecule has 6 heteroatoms.